The molecule has 1 saturated carbocycles. The van der Waals surface area contributed by atoms with Gasteiger partial charge in [-0.3, -0.25) is 19.8 Å². The Hall–Kier alpha value is -5.04. The summed E-state index contributed by atoms with van der Waals surface area (Å²) in [4.78, 5) is 51.1. The Labute approximate surface area is 346 Å². The van der Waals surface area contributed by atoms with E-state index in [2.05, 4.69) is 36.3 Å². The fraction of sp³-hybridized carbons (Fsp3) is 0.385. The van der Waals surface area contributed by atoms with Gasteiger partial charge in [0.15, 0.2) is 11.4 Å². The van der Waals surface area contributed by atoms with Crippen LogP contribution in [0.3, 0.4) is 0 Å². The molecule has 0 bridgehead atoms. The smallest absolute Gasteiger partial charge is 0.414 e. The maximum absolute atomic E-state index is 15.2. The maximum atomic E-state index is 15.2. The molecule has 2 aliphatic rings. The minimum Gasteiger partial charge on any atom is -0.463 e. The van der Waals surface area contributed by atoms with Crippen LogP contribution in [0.25, 0.3) is 11.4 Å². The fourth-order valence-electron chi connectivity index (χ4n) is 6.65. The van der Waals surface area contributed by atoms with Crippen molar-refractivity contribution >= 4 is 51.5 Å². The third kappa shape index (κ3) is 9.25. The van der Waals surface area contributed by atoms with Gasteiger partial charge in [-0.25, -0.2) is 23.6 Å². The van der Waals surface area contributed by atoms with Crippen LogP contribution in [-0.4, -0.2) is 62.8 Å². The number of aliphatic imine (C=N–C) groups is 1. The van der Waals surface area contributed by atoms with Gasteiger partial charge < -0.3 is 9.47 Å². The van der Waals surface area contributed by atoms with E-state index in [1.165, 1.54) is 42.5 Å². The Morgan fingerprint density at radius 3 is 2.27 bits per heavy atom. The van der Waals surface area contributed by atoms with Gasteiger partial charge in [-0.15, -0.1) is 0 Å². The molecule has 2 heterocycles. The summed E-state index contributed by atoms with van der Waals surface area (Å²) in [6.45, 7) is -2.54. The number of alkyl halides is 7. The first-order chi connectivity index (χ1) is 27.8. The predicted octanol–water partition coefficient (Wildman–Crippen LogP) is 9.77. The van der Waals surface area contributed by atoms with Crippen LogP contribution in [0, 0.1) is 10.8 Å². The molecule has 0 saturated heterocycles. The van der Waals surface area contributed by atoms with Gasteiger partial charge in [0.25, 0.3) is 5.91 Å². The van der Waals surface area contributed by atoms with E-state index in [0.29, 0.717) is 10.0 Å². The molecule has 0 spiro atoms. The van der Waals surface area contributed by atoms with Crippen molar-refractivity contribution in [1.82, 2.24) is 25.0 Å². The molecule has 11 nitrogen and oxygen atoms in total. The summed E-state index contributed by atoms with van der Waals surface area (Å²) in [5, 5.41) is 5.80. The van der Waals surface area contributed by atoms with Gasteiger partial charge in [-0.2, -0.15) is 31.7 Å². The highest BCUT2D eigenvalue weighted by atomic mass is 79.9. The van der Waals surface area contributed by atoms with Crippen LogP contribution in [0.5, 0.6) is 0 Å². The minimum atomic E-state index is -4.88. The van der Waals surface area contributed by atoms with Crippen molar-refractivity contribution < 1.29 is 54.6 Å². The summed E-state index contributed by atoms with van der Waals surface area (Å²) in [7, 11) is 0. The molecule has 3 aromatic carbocycles. The lowest BCUT2D eigenvalue weighted by Crippen LogP contribution is -2.50. The first-order valence-corrected chi connectivity index (χ1v) is 19.1. The summed E-state index contributed by atoms with van der Waals surface area (Å²) >= 11 is 9.75. The van der Waals surface area contributed by atoms with Crippen molar-refractivity contribution in [3.63, 3.8) is 0 Å². The average Bonchev–Trinajstić information content (AvgIpc) is 3.70. The second kappa shape index (κ2) is 16.9. The quantitative estimate of drug-likeness (QED) is 0.0986. The lowest BCUT2D eigenvalue weighted by atomic mass is 9.74. The Balaban J connectivity index is 1.50. The van der Waals surface area contributed by atoms with Crippen molar-refractivity contribution in [1.29, 1.82) is 0 Å². The summed E-state index contributed by atoms with van der Waals surface area (Å²) in [6.07, 6.45) is -9.66. The molecule has 4 aromatic rings. The number of guanidine groups is 1. The minimum absolute atomic E-state index is 0.0207. The van der Waals surface area contributed by atoms with Crippen molar-refractivity contribution in [2.45, 2.75) is 76.9 Å². The molecule has 6 rings (SSSR count). The van der Waals surface area contributed by atoms with E-state index in [1.54, 1.807) is 30.3 Å². The second-order valence-corrected chi connectivity index (χ2v) is 16.1. The van der Waals surface area contributed by atoms with Crippen molar-refractivity contribution in [3.05, 3.63) is 105 Å². The largest absolute Gasteiger partial charge is 0.463 e. The number of ether oxygens (including phenoxy) is 2. The molecule has 0 radical (unpaired) electrons. The van der Waals surface area contributed by atoms with Crippen molar-refractivity contribution in [3.8, 4) is 11.4 Å². The fourth-order valence-corrected chi connectivity index (χ4v) is 7.11. The Morgan fingerprint density at radius 2 is 1.66 bits per heavy atom. The summed E-state index contributed by atoms with van der Waals surface area (Å²) < 4.78 is 111. The molecule has 2 amide bonds. The number of amides is 2. The Morgan fingerprint density at radius 1 is 0.983 bits per heavy atom. The molecule has 59 heavy (non-hydrogen) atoms. The Bertz CT molecular complexity index is 2220. The molecule has 1 aliphatic carbocycles. The third-order valence-corrected chi connectivity index (χ3v) is 11.1. The molecule has 1 aromatic heterocycles. The molecule has 1 fully saturated rings. The topological polar surface area (TPSA) is 128 Å². The number of carbonyl (C=O) groups excluding carboxylic acids is 3. The molecule has 0 unspecified atom stereocenters. The number of benzene rings is 3. The van der Waals surface area contributed by atoms with Crippen molar-refractivity contribution in [2.75, 3.05) is 6.61 Å². The zero-order valence-electron chi connectivity index (χ0n) is 31.2. The molecule has 1 N–H and O–H groups in total. The van der Waals surface area contributed by atoms with Crippen LogP contribution >= 0.6 is 27.5 Å². The molecular weight excluding hydrogens is 881 g/mol. The van der Waals surface area contributed by atoms with Crippen LogP contribution in [-0.2, 0) is 31.2 Å². The van der Waals surface area contributed by atoms with Crippen LogP contribution in [0.4, 0.5) is 35.5 Å². The number of nitrogens with zero attached hydrogens (tertiary/aromatic N) is 5. The monoisotopic (exact) mass is 914 g/mol. The molecule has 1 aliphatic heterocycles. The number of rotatable bonds is 14. The number of alkyl carbamates (subject to hydrolysis) is 1. The van der Waals surface area contributed by atoms with E-state index in [0.717, 1.165) is 25.1 Å². The van der Waals surface area contributed by atoms with E-state index in [-0.39, 0.29) is 45.8 Å². The number of carbonyl (C=O) groups is 3. The zero-order chi connectivity index (χ0) is 42.9. The van der Waals surface area contributed by atoms with Gasteiger partial charge in [-0.1, -0.05) is 89.9 Å². The van der Waals surface area contributed by atoms with Crippen LogP contribution in [0.2, 0.25) is 5.02 Å². The molecule has 314 valence electrons. The normalized spacial score (nSPS) is 18.2. The van der Waals surface area contributed by atoms with Gasteiger partial charge in [0, 0.05) is 15.5 Å². The lowest BCUT2D eigenvalue weighted by Gasteiger charge is -2.37. The predicted molar refractivity (Wildman–Crippen MR) is 202 cm³/mol. The van der Waals surface area contributed by atoms with Gasteiger partial charge >= 0.3 is 24.8 Å². The van der Waals surface area contributed by atoms with Crippen LogP contribution in [0.1, 0.15) is 68.8 Å². The van der Waals surface area contributed by atoms with Crippen molar-refractivity contribution in [2.24, 2.45) is 15.8 Å². The SMILES string of the molecule is CC(C)(C[C@]1(c2ccc(Br)cc2)N=C(NC(=O)OCc2ccccc2)N([C@H](COC(=O)CC2(C(F)F)CC2)c2ccc(Cl)c(-c3ncnn3C(F)F)c2)C1=O)C(F)(F)F. The van der Waals surface area contributed by atoms with E-state index < -0.39 is 90.8 Å². The summed E-state index contributed by atoms with van der Waals surface area (Å²) in [6, 6.07) is 16.3. The maximum Gasteiger partial charge on any atom is 0.414 e. The van der Waals surface area contributed by atoms with E-state index in [4.69, 9.17) is 21.1 Å². The molecular formula is C39H35BrClF7N6O5. The number of hydrogen-bond donors (Lipinski definition) is 1. The van der Waals surface area contributed by atoms with Gasteiger partial charge in [-0.05, 0) is 60.2 Å². The number of aromatic nitrogens is 3. The van der Waals surface area contributed by atoms with Crippen LogP contribution in [0.15, 0.2) is 88.6 Å². The average molecular weight is 916 g/mol. The van der Waals surface area contributed by atoms with Crippen LogP contribution < -0.4 is 5.32 Å². The number of nitrogens with one attached hydrogen (secondary N) is 1. The van der Waals surface area contributed by atoms with E-state index in [9.17, 15) is 40.3 Å². The van der Waals surface area contributed by atoms with Gasteiger partial charge in [0.2, 0.25) is 12.4 Å². The third-order valence-electron chi connectivity index (χ3n) is 10.3. The Kier molecular flexibility index (Phi) is 12.5. The first-order valence-electron chi connectivity index (χ1n) is 17.9. The number of hydrogen-bond acceptors (Lipinski definition) is 8. The molecule has 2 atom stereocenters. The number of halogens is 9. The highest BCUT2D eigenvalue weighted by molar-refractivity contribution is 9.10. The van der Waals surface area contributed by atoms with Gasteiger partial charge in [0.1, 0.15) is 19.5 Å². The lowest BCUT2D eigenvalue weighted by molar-refractivity contribution is -0.218. The highest BCUT2D eigenvalue weighted by Gasteiger charge is 2.60. The van der Waals surface area contributed by atoms with E-state index in [1.807, 2.05) is 0 Å². The van der Waals surface area contributed by atoms with Gasteiger partial charge in [0.05, 0.1) is 22.9 Å². The van der Waals surface area contributed by atoms with E-state index >= 15 is 4.79 Å². The number of esters is 1. The standard InChI is InChI=1S/C39H35BrClF7N6O5/c1-36(2,39(46,47)48)20-38(24-9-11-25(40)12-10-24)32(56)53(34(52-38)51-35(57)59-18-22-6-4-3-5-7-22)28(19-58-29(55)17-37(14-15-37)31(42)43)23-8-13-27(41)26(16-23)30-49-21-50-54(30)33(44)45/h3-13,16,21,28,31,33H,14-15,17-20H2,1-2H3,(H,51,52,57)/t28-,38-/m1/s1. The summed E-state index contributed by atoms with van der Waals surface area (Å²) in [5.74, 6) is -3.27. The second-order valence-electron chi connectivity index (χ2n) is 14.8. The first kappa shape index (κ1) is 43.5. The summed E-state index contributed by atoms with van der Waals surface area (Å²) in [5.41, 5.74) is -6.26. The zero-order valence-corrected chi connectivity index (χ0v) is 33.5. The highest BCUT2D eigenvalue weighted by Crippen LogP contribution is 2.54. The molecule has 20 heteroatoms.